The third-order valence-corrected chi connectivity index (χ3v) is 4.57. The average molecular weight is 244 g/mol. The standard InChI is InChI=1S/C10H11ClNO2P/c1-6-9(10(13)14-12-6)15-8-5-3-2-4-7(8)11/h2-6,9,12,15H,1H3. The second-order valence-corrected chi connectivity index (χ2v) is 5.29. The molecule has 1 aromatic rings. The predicted molar refractivity (Wildman–Crippen MR) is 61.9 cm³/mol. The first-order chi connectivity index (χ1) is 7.18. The number of hydrogen-bond donors (Lipinski definition) is 1. The second kappa shape index (κ2) is 4.48. The van der Waals surface area contributed by atoms with E-state index in [-0.39, 0.29) is 17.7 Å². The summed E-state index contributed by atoms with van der Waals surface area (Å²) in [4.78, 5) is 16.1. The third kappa shape index (κ3) is 2.31. The quantitative estimate of drug-likeness (QED) is 0.800. The van der Waals surface area contributed by atoms with Crippen LogP contribution < -0.4 is 10.8 Å². The fourth-order valence-electron chi connectivity index (χ4n) is 1.42. The molecule has 0 spiro atoms. The number of hydrogen-bond acceptors (Lipinski definition) is 3. The van der Waals surface area contributed by atoms with E-state index < -0.39 is 0 Å². The van der Waals surface area contributed by atoms with Gasteiger partial charge in [0.2, 0.25) is 0 Å². The van der Waals surface area contributed by atoms with Crippen molar-refractivity contribution in [3.63, 3.8) is 0 Å². The highest BCUT2D eigenvalue weighted by Gasteiger charge is 2.34. The van der Waals surface area contributed by atoms with Gasteiger partial charge in [0.05, 0.1) is 11.7 Å². The molecule has 1 aromatic carbocycles. The first-order valence-electron chi connectivity index (χ1n) is 4.66. The number of rotatable bonds is 2. The Hall–Kier alpha value is -0.630. The predicted octanol–water partition coefficient (Wildman–Crippen LogP) is 1.46. The molecule has 1 aliphatic heterocycles. The lowest BCUT2D eigenvalue weighted by molar-refractivity contribution is -0.142. The summed E-state index contributed by atoms with van der Waals surface area (Å²) in [7, 11) is 0.349. The summed E-state index contributed by atoms with van der Waals surface area (Å²) in [5.74, 6) is -0.194. The number of benzene rings is 1. The summed E-state index contributed by atoms with van der Waals surface area (Å²) in [6.45, 7) is 1.93. The van der Waals surface area contributed by atoms with Crippen LogP contribution in [0.5, 0.6) is 0 Å². The molecule has 1 fully saturated rings. The van der Waals surface area contributed by atoms with Crippen LogP contribution in [0.4, 0.5) is 0 Å². The van der Waals surface area contributed by atoms with Crippen LogP contribution in [0.1, 0.15) is 6.92 Å². The monoisotopic (exact) mass is 243 g/mol. The number of halogens is 1. The summed E-state index contributed by atoms with van der Waals surface area (Å²) in [5.41, 5.74) is 2.55. The minimum absolute atomic E-state index is 0.0482. The molecule has 3 atom stereocenters. The molecule has 1 saturated heterocycles. The number of carbonyl (C=O) groups is 1. The van der Waals surface area contributed by atoms with Crippen molar-refractivity contribution in [2.45, 2.75) is 18.6 Å². The maximum atomic E-state index is 11.4. The fraction of sp³-hybridized carbons (Fsp3) is 0.300. The number of nitrogens with one attached hydrogen (secondary N) is 1. The molecule has 2 rings (SSSR count). The third-order valence-electron chi connectivity index (χ3n) is 2.28. The molecule has 5 heteroatoms. The lowest BCUT2D eigenvalue weighted by Gasteiger charge is -2.10. The Labute approximate surface area is 94.9 Å². The van der Waals surface area contributed by atoms with Gasteiger partial charge in [-0.25, -0.2) is 4.79 Å². The largest absolute Gasteiger partial charge is 0.370 e. The van der Waals surface area contributed by atoms with Crippen LogP contribution >= 0.6 is 20.2 Å². The summed E-state index contributed by atoms with van der Waals surface area (Å²) in [6, 6.07) is 7.63. The van der Waals surface area contributed by atoms with E-state index in [1.807, 2.05) is 31.2 Å². The van der Waals surface area contributed by atoms with E-state index in [0.29, 0.717) is 13.6 Å². The van der Waals surface area contributed by atoms with Crippen LogP contribution in [0.15, 0.2) is 24.3 Å². The van der Waals surface area contributed by atoms with Crippen LogP contribution in [-0.2, 0) is 9.63 Å². The van der Waals surface area contributed by atoms with Gasteiger partial charge in [-0.05, 0) is 18.3 Å². The Balaban J connectivity index is 2.15. The van der Waals surface area contributed by atoms with Crippen molar-refractivity contribution in [1.82, 2.24) is 5.48 Å². The molecule has 1 N–H and O–H groups in total. The van der Waals surface area contributed by atoms with Gasteiger partial charge in [-0.3, -0.25) is 0 Å². The lowest BCUT2D eigenvalue weighted by atomic mass is 10.3. The van der Waals surface area contributed by atoms with Crippen molar-refractivity contribution < 1.29 is 9.63 Å². The van der Waals surface area contributed by atoms with Crippen molar-refractivity contribution in [3.8, 4) is 0 Å². The second-order valence-electron chi connectivity index (χ2n) is 3.43. The lowest BCUT2D eigenvalue weighted by Crippen LogP contribution is -2.26. The Bertz CT molecular complexity index is 385. The zero-order valence-electron chi connectivity index (χ0n) is 8.16. The van der Waals surface area contributed by atoms with E-state index in [9.17, 15) is 4.79 Å². The highest BCUT2D eigenvalue weighted by atomic mass is 35.5. The van der Waals surface area contributed by atoms with E-state index in [4.69, 9.17) is 16.4 Å². The van der Waals surface area contributed by atoms with Gasteiger partial charge in [-0.1, -0.05) is 38.4 Å². The van der Waals surface area contributed by atoms with Gasteiger partial charge >= 0.3 is 5.97 Å². The van der Waals surface area contributed by atoms with Gasteiger partial charge in [-0.2, -0.15) is 0 Å². The van der Waals surface area contributed by atoms with E-state index >= 15 is 0 Å². The Morgan fingerprint density at radius 1 is 1.47 bits per heavy atom. The van der Waals surface area contributed by atoms with Crippen molar-refractivity contribution in [1.29, 1.82) is 0 Å². The zero-order valence-corrected chi connectivity index (χ0v) is 9.91. The summed E-state index contributed by atoms with van der Waals surface area (Å²) >= 11 is 6.03. The molecule has 0 aliphatic carbocycles. The molecule has 0 saturated carbocycles. The Kier molecular flexibility index (Phi) is 3.25. The van der Waals surface area contributed by atoms with Crippen molar-refractivity contribution in [2.24, 2.45) is 0 Å². The molecule has 3 nitrogen and oxygen atoms in total. The molecule has 15 heavy (non-hydrogen) atoms. The molecule has 0 aromatic heterocycles. The van der Waals surface area contributed by atoms with Gasteiger partial charge in [0.15, 0.2) is 0 Å². The van der Waals surface area contributed by atoms with Gasteiger partial charge < -0.3 is 4.84 Å². The van der Waals surface area contributed by atoms with Gasteiger partial charge in [0, 0.05) is 5.02 Å². The first-order valence-corrected chi connectivity index (χ1v) is 6.11. The van der Waals surface area contributed by atoms with Gasteiger partial charge in [-0.15, -0.1) is 5.48 Å². The van der Waals surface area contributed by atoms with Crippen LogP contribution in [-0.4, -0.2) is 17.7 Å². The van der Waals surface area contributed by atoms with Gasteiger partial charge in [0.25, 0.3) is 0 Å². The van der Waals surface area contributed by atoms with Crippen LogP contribution in [0.25, 0.3) is 0 Å². The molecule has 1 aliphatic rings. The molecule has 0 amide bonds. The number of carbonyl (C=O) groups excluding carboxylic acids is 1. The van der Waals surface area contributed by atoms with Gasteiger partial charge in [0.1, 0.15) is 0 Å². The molecule has 3 unspecified atom stereocenters. The molecule has 1 heterocycles. The number of hydroxylamine groups is 1. The minimum Gasteiger partial charge on any atom is -0.370 e. The molecule has 0 radical (unpaired) electrons. The Morgan fingerprint density at radius 2 is 2.20 bits per heavy atom. The normalized spacial score (nSPS) is 26.1. The van der Waals surface area contributed by atoms with Crippen molar-refractivity contribution in [2.75, 3.05) is 0 Å². The molecular formula is C10H11ClNO2P. The van der Waals surface area contributed by atoms with Crippen molar-refractivity contribution in [3.05, 3.63) is 29.3 Å². The molecular weight excluding hydrogens is 233 g/mol. The summed E-state index contributed by atoms with van der Waals surface area (Å²) in [5, 5.41) is 1.72. The minimum atomic E-state index is -0.194. The van der Waals surface area contributed by atoms with E-state index in [1.54, 1.807) is 0 Å². The molecule has 80 valence electrons. The molecule has 0 bridgehead atoms. The fourth-order valence-corrected chi connectivity index (χ4v) is 2.96. The van der Waals surface area contributed by atoms with E-state index in [0.717, 1.165) is 5.30 Å². The maximum Gasteiger partial charge on any atom is 0.333 e. The highest BCUT2D eigenvalue weighted by Crippen LogP contribution is 2.28. The summed E-state index contributed by atoms with van der Waals surface area (Å²) in [6.07, 6.45) is 0. The van der Waals surface area contributed by atoms with Crippen LogP contribution in [0, 0.1) is 0 Å². The van der Waals surface area contributed by atoms with E-state index in [1.165, 1.54) is 0 Å². The smallest absolute Gasteiger partial charge is 0.333 e. The van der Waals surface area contributed by atoms with Crippen LogP contribution in [0.3, 0.4) is 0 Å². The zero-order chi connectivity index (χ0) is 10.8. The SMILES string of the molecule is CC1NOC(=O)C1Pc1ccccc1Cl. The van der Waals surface area contributed by atoms with E-state index in [2.05, 4.69) is 5.48 Å². The first kappa shape index (κ1) is 10.9. The average Bonchev–Trinajstić information content (AvgIpc) is 2.53. The maximum absolute atomic E-state index is 11.4. The highest BCUT2D eigenvalue weighted by molar-refractivity contribution is 7.49. The van der Waals surface area contributed by atoms with Crippen LogP contribution in [0.2, 0.25) is 5.02 Å². The van der Waals surface area contributed by atoms with Crippen molar-refractivity contribution >= 4 is 31.5 Å². The Morgan fingerprint density at radius 3 is 2.80 bits per heavy atom. The topological polar surface area (TPSA) is 38.3 Å². The summed E-state index contributed by atoms with van der Waals surface area (Å²) < 4.78 is 0.